The minimum atomic E-state index is -0.845. The van der Waals surface area contributed by atoms with Crippen LogP contribution in [-0.2, 0) is 14.3 Å². The predicted octanol–water partition coefficient (Wildman–Crippen LogP) is 1.47. The number of nitrogens with one attached hydrogen (secondary N) is 2. The third-order valence-electron chi connectivity index (χ3n) is 3.00. The molecule has 1 fully saturated rings. The molecule has 0 spiro atoms. The standard InChI is InChI=1S/C15H18N2O4/c1-9(14(19)17-12-6-7-12)21-15(20)11-4-3-5-13(8-11)16-10(2)18/h3-5,8-9,12H,6-7H2,1-2H3,(H,16,18)(H,17,19). The Labute approximate surface area is 122 Å². The van der Waals surface area contributed by atoms with E-state index in [1.807, 2.05) is 0 Å². The van der Waals surface area contributed by atoms with Crippen LogP contribution in [-0.4, -0.2) is 29.9 Å². The van der Waals surface area contributed by atoms with E-state index < -0.39 is 12.1 Å². The van der Waals surface area contributed by atoms with Crippen molar-refractivity contribution in [3.8, 4) is 0 Å². The highest BCUT2D eigenvalue weighted by atomic mass is 16.5. The molecule has 6 heteroatoms. The second-order valence-corrected chi connectivity index (χ2v) is 5.09. The van der Waals surface area contributed by atoms with Crippen LogP contribution >= 0.6 is 0 Å². The zero-order valence-electron chi connectivity index (χ0n) is 12.0. The minimum absolute atomic E-state index is 0.224. The Morgan fingerprint density at radius 1 is 1.29 bits per heavy atom. The number of amides is 2. The second-order valence-electron chi connectivity index (χ2n) is 5.09. The topological polar surface area (TPSA) is 84.5 Å². The number of benzene rings is 1. The number of hydrogen-bond donors (Lipinski definition) is 2. The number of carbonyl (C=O) groups is 3. The Morgan fingerprint density at radius 3 is 2.62 bits per heavy atom. The molecule has 1 aromatic carbocycles. The van der Waals surface area contributed by atoms with Crippen LogP contribution in [0.1, 0.15) is 37.0 Å². The van der Waals surface area contributed by atoms with Gasteiger partial charge in [0.15, 0.2) is 6.10 Å². The van der Waals surface area contributed by atoms with Gasteiger partial charge in [-0.25, -0.2) is 4.79 Å². The van der Waals surface area contributed by atoms with E-state index in [1.54, 1.807) is 18.2 Å². The summed E-state index contributed by atoms with van der Waals surface area (Å²) in [6, 6.07) is 6.61. The van der Waals surface area contributed by atoms with Crippen LogP contribution in [0, 0.1) is 0 Å². The van der Waals surface area contributed by atoms with Gasteiger partial charge in [-0.15, -0.1) is 0 Å². The lowest BCUT2D eigenvalue weighted by Gasteiger charge is -2.13. The van der Waals surface area contributed by atoms with Gasteiger partial charge in [-0.05, 0) is 38.0 Å². The molecule has 0 aromatic heterocycles. The number of carbonyl (C=O) groups excluding carboxylic acids is 3. The fourth-order valence-corrected chi connectivity index (χ4v) is 1.76. The summed E-state index contributed by atoms with van der Waals surface area (Å²) >= 11 is 0. The number of ether oxygens (including phenoxy) is 1. The fourth-order valence-electron chi connectivity index (χ4n) is 1.76. The quantitative estimate of drug-likeness (QED) is 0.804. The van der Waals surface area contributed by atoms with Crippen molar-refractivity contribution in [2.45, 2.75) is 38.8 Å². The summed E-state index contributed by atoms with van der Waals surface area (Å²) in [5.74, 6) is -1.11. The van der Waals surface area contributed by atoms with Crippen molar-refractivity contribution in [3.05, 3.63) is 29.8 Å². The van der Waals surface area contributed by atoms with Gasteiger partial charge in [-0.1, -0.05) is 6.07 Å². The molecule has 1 aliphatic rings. The van der Waals surface area contributed by atoms with E-state index >= 15 is 0 Å². The van der Waals surface area contributed by atoms with Gasteiger partial charge in [-0.2, -0.15) is 0 Å². The molecular weight excluding hydrogens is 272 g/mol. The lowest BCUT2D eigenvalue weighted by atomic mass is 10.2. The first kappa shape index (κ1) is 15.0. The van der Waals surface area contributed by atoms with E-state index in [9.17, 15) is 14.4 Å². The molecule has 1 saturated carbocycles. The molecule has 1 aromatic rings. The number of hydrogen-bond acceptors (Lipinski definition) is 4. The molecule has 1 aliphatic carbocycles. The summed E-state index contributed by atoms with van der Waals surface area (Å²) in [6.07, 6.45) is 1.11. The van der Waals surface area contributed by atoms with Gasteiger partial charge in [0.1, 0.15) is 0 Å². The molecule has 0 aliphatic heterocycles. The average molecular weight is 290 g/mol. The van der Waals surface area contributed by atoms with Crippen molar-refractivity contribution >= 4 is 23.5 Å². The summed E-state index contributed by atoms with van der Waals surface area (Å²) in [6.45, 7) is 2.92. The Hall–Kier alpha value is -2.37. The highest BCUT2D eigenvalue weighted by molar-refractivity contribution is 5.95. The zero-order chi connectivity index (χ0) is 15.4. The Morgan fingerprint density at radius 2 is 2.00 bits per heavy atom. The summed E-state index contributed by atoms with van der Waals surface area (Å²) in [5, 5.41) is 5.36. The summed E-state index contributed by atoms with van der Waals surface area (Å²) in [4.78, 5) is 34.7. The molecule has 0 bridgehead atoms. The first-order valence-corrected chi connectivity index (χ1v) is 6.84. The number of esters is 1. The Bertz CT molecular complexity index is 567. The maximum absolute atomic E-state index is 12.0. The monoisotopic (exact) mass is 290 g/mol. The molecule has 112 valence electrons. The molecule has 0 radical (unpaired) electrons. The SMILES string of the molecule is CC(=O)Nc1cccc(C(=O)OC(C)C(=O)NC2CC2)c1. The van der Waals surface area contributed by atoms with Gasteiger partial charge in [0, 0.05) is 18.7 Å². The Kier molecular flexibility index (Phi) is 4.57. The number of anilines is 1. The van der Waals surface area contributed by atoms with E-state index in [4.69, 9.17) is 4.74 Å². The molecule has 2 rings (SSSR count). The lowest BCUT2D eigenvalue weighted by Crippen LogP contribution is -2.37. The highest BCUT2D eigenvalue weighted by Crippen LogP contribution is 2.19. The van der Waals surface area contributed by atoms with E-state index in [-0.39, 0.29) is 23.4 Å². The van der Waals surface area contributed by atoms with Crippen LogP contribution in [0.4, 0.5) is 5.69 Å². The third kappa shape index (κ3) is 4.59. The minimum Gasteiger partial charge on any atom is -0.449 e. The fraction of sp³-hybridized carbons (Fsp3) is 0.400. The third-order valence-corrected chi connectivity index (χ3v) is 3.00. The van der Waals surface area contributed by atoms with E-state index in [2.05, 4.69) is 10.6 Å². The van der Waals surface area contributed by atoms with Crippen molar-refractivity contribution in [2.24, 2.45) is 0 Å². The van der Waals surface area contributed by atoms with Gasteiger partial charge in [-0.3, -0.25) is 9.59 Å². The van der Waals surface area contributed by atoms with Crippen LogP contribution in [0.15, 0.2) is 24.3 Å². The average Bonchev–Trinajstić information content (AvgIpc) is 3.22. The number of rotatable bonds is 5. The molecule has 2 N–H and O–H groups in total. The smallest absolute Gasteiger partial charge is 0.338 e. The summed E-state index contributed by atoms with van der Waals surface area (Å²) in [5.41, 5.74) is 0.791. The molecule has 1 atom stereocenters. The first-order valence-electron chi connectivity index (χ1n) is 6.84. The van der Waals surface area contributed by atoms with Crippen molar-refractivity contribution < 1.29 is 19.1 Å². The van der Waals surface area contributed by atoms with Crippen LogP contribution in [0.5, 0.6) is 0 Å². The van der Waals surface area contributed by atoms with Crippen molar-refractivity contribution in [1.29, 1.82) is 0 Å². The van der Waals surface area contributed by atoms with E-state index in [0.717, 1.165) is 12.8 Å². The van der Waals surface area contributed by atoms with Crippen LogP contribution in [0.25, 0.3) is 0 Å². The highest BCUT2D eigenvalue weighted by Gasteiger charge is 2.27. The summed E-state index contributed by atoms with van der Waals surface area (Å²) in [7, 11) is 0. The predicted molar refractivity (Wildman–Crippen MR) is 76.8 cm³/mol. The first-order chi connectivity index (χ1) is 9.95. The maximum Gasteiger partial charge on any atom is 0.338 e. The molecule has 21 heavy (non-hydrogen) atoms. The maximum atomic E-state index is 12.0. The van der Waals surface area contributed by atoms with Crippen LogP contribution in [0.2, 0.25) is 0 Å². The molecule has 0 saturated heterocycles. The van der Waals surface area contributed by atoms with Crippen LogP contribution < -0.4 is 10.6 Å². The second kappa shape index (κ2) is 6.39. The molecular formula is C15H18N2O4. The van der Waals surface area contributed by atoms with Gasteiger partial charge >= 0.3 is 5.97 Å². The van der Waals surface area contributed by atoms with E-state index in [0.29, 0.717) is 5.69 Å². The van der Waals surface area contributed by atoms with Crippen LogP contribution in [0.3, 0.4) is 0 Å². The molecule has 2 amide bonds. The van der Waals surface area contributed by atoms with Crippen molar-refractivity contribution in [1.82, 2.24) is 5.32 Å². The lowest BCUT2D eigenvalue weighted by molar-refractivity contribution is -0.129. The van der Waals surface area contributed by atoms with Gasteiger partial charge in [0.2, 0.25) is 5.91 Å². The largest absolute Gasteiger partial charge is 0.449 e. The molecule has 6 nitrogen and oxygen atoms in total. The Balaban J connectivity index is 1.95. The van der Waals surface area contributed by atoms with Gasteiger partial charge < -0.3 is 15.4 Å². The van der Waals surface area contributed by atoms with Crippen molar-refractivity contribution in [2.75, 3.05) is 5.32 Å². The molecule has 0 heterocycles. The van der Waals surface area contributed by atoms with Gasteiger partial charge in [0.25, 0.3) is 5.91 Å². The normalized spacial score (nSPS) is 15.0. The molecule has 1 unspecified atom stereocenters. The van der Waals surface area contributed by atoms with E-state index in [1.165, 1.54) is 19.9 Å². The van der Waals surface area contributed by atoms with Crippen molar-refractivity contribution in [3.63, 3.8) is 0 Å². The summed E-state index contributed by atoms with van der Waals surface area (Å²) < 4.78 is 5.12. The van der Waals surface area contributed by atoms with Gasteiger partial charge in [0.05, 0.1) is 5.56 Å². The zero-order valence-corrected chi connectivity index (χ0v) is 12.0.